The summed E-state index contributed by atoms with van der Waals surface area (Å²) >= 11 is 0. The van der Waals surface area contributed by atoms with Crippen LogP contribution in [0, 0.1) is 5.82 Å². The number of aromatic hydroxyl groups is 1. The van der Waals surface area contributed by atoms with E-state index in [4.69, 9.17) is 4.74 Å². The Balaban J connectivity index is 1.45. The van der Waals surface area contributed by atoms with Crippen molar-refractivity contribution in [3.63, 3.8) is 0 Å². The van der Waals surface area contributed by atoms with Crippen LogP contribution in [-0.2, 0) is 16.0 Å². The second-order valence-electron chi connectivity index (χ2n) is 7.31. The normalized spacial score (nSPS) is 13.2. The van der Waals surface area contributed by atoms with Gasteiger partial charge in [0.25, 0.3) is 0 Å². The van der Waals surface area contributed by atoms with Crippen LogP contribution in [0.4, 0.5) is 9.18 Å². The lowest BCUT2D eigenvalue weighted by molar-refractivity contribution is -0.139. The van der Waals surface area contributed by atoms with Crippen LogP contribution in [0.5, 0.6) is 5.75 Å². The summed E-state index contributed by atoms with van der Waals surface area (Å²) in [6.45, 7) is 0.0391. The van der Waals surface area contributed by atoms with Crippen molar-refractivity contribution in [3.05, 3.63) is 89.2 Å². The molecule has 0 saturated carbocycles. The van der Waals surface area contributed by atoms with Crippen LogP contribution in [0.15, 0.2) is 66.7 Å². The summed E-state index contributed by atoms with van der Waals surface area (Å²) < 4.78 is 18.9. The van der Waals surface area contributed by atoms with E-state index in [0.717, 1.165) is 28.3 Å². The number of para-hydroxylation sites is 1. The number of aliphatic carboxylic acids is 1. The van der Waals surface area contributed by atoms with E-state index in [9.17, 15) is 24.2 Å². The summed E-state index contributed by atoms with van der Waals surface area (Å²) in [5.74, 6) is -2.98. The Bertz CT molecular complexity index is 1100. The van der Waals surface area contributed by atoms with E-state index in [1.54, 1.807) is 0 Å². The fourth-order valence-corrected chi connectivity index (χ4v) is 3.93. The van der Waals surface area contributed by atoms with Gasteiger partial charge in [-0.3, -0.25) is 0 Å². The molecule has 1 amide bonds. The quantitative estimate of drug-likeness (QED) is 0.558. The fraction of sp³-hybridized carbons (Fsp3) is 0.167. The Morgan fingerprint density at radius 3 is 2.19 bits per heavy atom. The molecule has 0 bridgehead atoms. The summed E-state index contributed by atoms with van der Waals surface area (Å²) in [6.07, 6.45) is -1.19. The van der Waals surface area contributed by atoms with Crippen molar-refractivity contribution in [1.29, 1.82) is 0 Å². The number of carboxylic acid groups (broad SMARTS) is 1. The summed E-state index contributed by atoms with van der Waals surface area (Å²) in [7, 11) is 0. The fourth-order valence-electron chi connectivity index (χ4n) is 3.93. The number of carbonyl (C=O) groups excluding carboxylic acids is 1. The largest absolute Gasteiger partial charge is 0.505 e. The number of rotatable bonds is 6. The third kappa shape index (κ3) is 4.07. The Morgan fingerprint density at radius 1 is 0.968 bits per heavy atom. The summed E-state index contributed by atoms with van der Waals surface area (Å²) in [4.78, 5) is 23.9. The topological polar surface area (TPSA) is 95.9 Å². The monoisotopic (exact) mass is 421 g/mol. The van der Waals surface area contributed by atoms with Crippen LogP contribution in [0.1, 0.15) is 22.6 Å². The molecule has 4 rings (SSSR count). The molecule has 0 radical (unpaired) electrons. The molecule has 6 nitrogen and oxygen atoms in total. The summed E-state index contributed by atoms with van der Waals surface area (Å²) in [6, 6.07) is 18.2. The van der Waals surface area contributed by atoms with Gasteiger partial charge in [-0.1, -0.05) is 60.7 Å². The lowest BCUT2D eigenvalue weighted by Gasteiger charge is -2.18. The van der Waals surface area contributed by atoms with E-state index in [1.165, 1.54) is 12.1 Å². The van der Waals surface area contributed by atoms with Gasteiger partial charge in [-0.25, -0.2) is 14.0 Å². The van der Waals surface area contributed by atoms with E-state index in [0.29, 0.717) is 0 Å². The molecule has 1 unspecified atom stereocenters. The number of carbonyl (C=O) groups is 2. The van der Waals surface area contributed by atoms with Gasteiger partial charge in [0.2, 0.25) is 0 Å². The second kappa shape index (κ2) is 8.47. The number of hydrogen-bond donors (Lipinski definition) is 3. The van der Waals surface area contributed by atoms with Gasteiger partial charge in [-0.2, -0.15) is 0 Å². The van der Waals surface area contributed by atoms with Crippen LogP contribution in [0.2, 0.25) is 0 Å². The number of alkyl carbamates (subject to hydrolysis) is 1. The van der Waals surface area contributed by atoms with E-state index in [-0.39, 0.29) is 24.5 Å². The van der Waals surface area contributed by atoms with Crippen LogP contribution in [0.3, 0.4) is 0 Å². The van der Waals surface area contributed by atoms with Gasteiger partial charge in [0.15, 0.2) is 11.6 Å². The molecule has 3 aromatic rings. The van der Waals surface area contributed by atoms with E-state index < -0.39 is 29.7 Å². The van der Waals surface area contributed by atoms with Crippen molar-refractivity contribution < 1.29 is 28.9 Å². The Morgan fingerprint density at radius 2 is 1.58 bits per heavy atom. The molecule has 0 fully saturated rings. The zero-order valence-corrected chi connectivity index (χ0v) is 16.4. The molecule has 3 N–H and O–H groups in total. The maximum atomic E-state index is 13.5. The number of amides is 1. The summed E-state index contributed by atoms with van der Waals surface area (Å²) in [5.41, 5.74) is 4.31. The number of carboxylic acids is 1. The number of benzene rings is 3. The molecule has 31 heavy (non-hydrogen) atoms. The van der Waals surface area contributed by atoms with Crippen molar-refractivity contribution in [2.75, 3.05) is 6.61 Å². The van der Waals surface area contributed by atoms with E-state index in [2.05, 4.69) is 5.32 Å². The molecule has 0 saturated heterocycles. The number of hydrogen-bond acceptors (Lipinski definition) is 4. The highest BCUT2D eigenvalue weighted by Crippen LogP contribution is 2.44. The predicted octanol–water partition coefficient (Wildman–Crippen LogP) is 4.07. The zero-order valence-electron chi connectivity index (χ0n) is 16.4. The first-order chi connectivity index (χ1) is 15.0. The molecule has 7 heteroatoms. The minimum atomic E-state index is -1.39. The molecule has 1 aliphatic carbocycles. The Kier molecular flexibility index (Phi) is 5.58. The molecule has 0 aliphatic heterocycles. The predicted molar refractivity (Wildman–Crippen MR) is 111 cm³/mol. The first-order valence-electron chi connectivity index (χ1n) is 9.76. The number of fused-ring (bicyclic) bond motifs is 3. The number of halogens is 1. The van der Waals surface area contributed by atoms with Crippen LogP contribution in [-0.4, -0.2) is 34.9 Å². The molecule has 1 atom stereocenters. The Labute approximate surface area is 177 Å². The van der Waals surface area contributed by atoms with Gasteiger partial charge in [0, 0.05) is 12.3 Å². The second-order valence-corrected chi connectivity index (χ2v) is 7.31. The van der Waals surface area contributed by atoms with Crippen LogP contribution < -0.4 is 5.32 Å². The average Bonchev–Trinajstić information content (AvgIpc) is 3.08. The number of nitrogens with one attached hydrogen (secondary N) is 1. The van der Waals surface area contributed by atoms with Crippen molar-refractivity contribution in [2.45, 2.75) is 18.4 Å². The van der Waals surface area contributed by atoms with Gasteiger partial charge >= 0.3 is 12.1 Å². The van der Waals surface area contributed by atoms with Gasteiger partial charge in [0.1, 0.15) is 12.6 Å². The smallest absolute Gasteiger partial charge is 0.407 e. The molecule has 0 spiro atoms. The van der Waals surface area contributed by atoms with Crippen molar-refractivity contribution >= 4 is 12.1 Å². The Hall–Kier alpha value is -3.87. The van der Waals surface area contributed by atoms with E-state index >= 15 is 0 Å². The average molecular weight is 421 g/mol. The third-order valence-corrected chi connectivity index (χ3v) is 5.43. The van der Waals surface area contributed by atoms with Crippen molar-refractivity contribution in [3.8, 4) is 16.9 Å². The maximum absolute atomic E-state index is 13.5. The maximum Gasteiger partial charge on any atom is 0.407 e. The number of phenolic OH excluding ortho intramolecular Hbond substituents is 1. The molecule has 1 aliphatic rings. The zero-order chi connectivity index (χ0) is 22.0. The van der Waals surface area contributed by atoms with Gasteiger partial charge in [-0.15, -0.1) is 0 Å². The van der Waals surface area contributed by atoms with Gasteiger partial charge in [0.05, 0.1) is 0 Å². The van der Waals surface area contributed by atoms with Gasteiger partial charge < -0.3 is 20.3 Å². The molecule has 158 valence electrons. The minimum absolute atomic E-state index is 0.0391. The van der Waals surface area contributed by atoms with Gasteiger partial charge in [-0.05, 0) is 33.9 Å². The molecule has 0 heterocycles. The number of ether oxygens (including phenoxy) is 1. The van der Waals surface area contributed by atoms with Crippen molar-refractivity contribution in [2.24, 2.45) is 0 Å². The highest BCUT2D eigenvalue weighted by molar-refractivity contribution is 5.81. The highest BCUT2D eigenvalue weighted by Gasteiger charge is 2.30. The standard InChI is InChI=1S/C24H20FNO5/c25-20-11-5-6-14(22(20)27)12-21(23(28)29)26-24(30)31-13-19-17-9-3-1-7-15(17)16-8-2-4-10-18(16)19/h1-11,19,21,27H,12-13H2,(H,26,30)(H,28,29). The number of phenols is 1. The van der Waals surface area contributed by atoms with Crippen LogP contribution >= 0.6 is 0 Å². The SMILES string of the molecule is O=C(NC(Cc1cccc(F)c1O)C(=O)O)OCC1c2ccccc2-c2ccccc21. The minimum Gasteiger partial charge on any atom is -0.505 e. The third-order valence-electron chi connectivity index (χ3n) is 5.43. The van der Waals surface area contributed by atoms with Crippen LogP contribution in [0.25, 0.3) is 11.1 Å². The van der Waals surface area contributed by atoms with E-state index in [1.807, 2.05) is 48.5 Å². The highest BCUT2D eigenvalue weighted by atomic mass is 19.1. The lowest BCUT2D eigenvalue weighted by atomic mass is 9.98. The summed E-state index contributed by atoms with van der Waals surface area (Å²) in [5, 5.41) is 21.5. The molecular formula is C24H20FNO5. The molecular weight excluding hydrogens is 401 g/mol. The molecule has 3 aromatic carbocycles. The van der Waals surface area contributed by atoms with Crippen molar-refractivity contribution in [1.82, 2.24) is 5.32 Å². The first-order valence-corrected chi connectivity index (χ1v) is 9.76. The first kappa shape index (κ1) is 20.4. The molecule has 0 aromatic heterocycles. The lowest BCUT2D eigenvalue weighted by Crippen LogP contribution is -2.43.